The van der Waals surface area contributed by atoms with Crippen LogP contribution in [0.3, 0.4) is 0 Å². The monoisotopic (exact) mass is 369 g/mol. The van der Waals surface area contributed by atoms with Crippen LogP contribution in [-0.2, 0) is 16.3 Å². The van der Waals surface area contributed by atoms with E-state index >= 15 is 0 Å². The van der Waals surface area contributed by atoms with Gasteiger partial charge in [-0.3, -0.25) is 0 Å². The van der Waals surface area contributed by atoms with E-state index in [0.717, 1.165) is 17.6 Å². The number of hydrogen-bond acceptors (Lipinski definition) is 4. The molecule has 1 aliphatic carbocycles. The van der Waals surface area contributed by atoms with E-state index in [1.807, 2.05) is 0 Å². The lowest BCUT2D eigenvalue weighted by atomic mass is 10.2. The number of aliphatic hydroxyl groups is 1. The molecule has 0 saturated heterocycles. The molecule has 1 aliphatic rings. The van der Waals surface area contributed by atoms with E-state index in [-0.39, 0.29) is 22.0 Å². The standard InChI is InChI=1S/C16H13F2NO3S2/c1-24(21,22)16-13-10(7-11(18)14(13)20)15(23-16)19-5-4-8-6-9(17)2-3-12(8)19/h2-6,11,14,20H,7H2,1H3/t11-,14-/m1/s1. The first-order chi connectivity index (χ1) is 11.3. The Morgan fingerprint density at radius 2 is 2.08 bits per heavy atom. The van der Waals surface area contributed by atoms with E-state index in [1.54, 1.807) is 22.9 Å². The van der Waals surface area contributed by atoms with Crippen LogP contribution in [0.5, 0.6) is 0 Å². The Morgan fingerprint density at radius 3 is 2.79 bits per heavy atom. The average molecular weight is 369 g/mol. The van der Waals surface area contributed by atoms with Gasteiger partial charge in [-0.25, -0.2) is 17.2 Å². The van der Waals surface area contributed by atoms with Crippen LogP contribution >= 0.6 is 11.3 Å². The van der Waals surface area contributed by atoms with Crippen LogP contribution in [0.15, 0.2) is 34.7 Å². The van der Waals surface area contributed by atoms with Crippen molar-refractivity contribution in [3.05, 3.63) is 47.4 Å². The molecule has 0 spiro atoms. The van der Waals surface area contributed by atoms with Crippen LogP contribution in [0.1, 0.15) is 17.2 Å². The van der Waals surface area contributed by atoms with Gasteiger partial charge in [-0.2, -0.15) is 0 Å². The van der Waals surface area contributed by atoms with Gasteiger partial charge < -0.3 is 9.67 Å². The normalized spacial score (nSPS) is 20.7. The second kappa shape index (κ2) is 5.11. The molecule has 0 saturated carbocycles. The first-order valence-electron chi connectivity index (χ1n) is 7.22. The predicted molar refractivity (Wildman–Crippen MR) is 87.8 cm³/mol. The SMILES string of the molecule is CS(=O)(=O)c1sc(-n2ccc3cc(F)ccc32)c2c1[C@H](O)[C@H](F)C2. The fourth-order valence-corrected chi connectivity index (χ4v) is 5.78. The summed E-state index contributed by atoms with van der Waals surface area (Å²) in [6.07, 6.45) is -0.264. The van der Waals surface area contributed by atoms with Crippen LogP contribution in [0, 0.1) is 5.82 Å². The minimum atomic E-state index is -3.60. The Balaban J connectivity index is 2.01. The van der Waals surface area contributed by atoms with Gasteiger partial charge in [0.05, 0.1) is 5.52 Å². The average Bonchev–Trinajstić information content (AvgIpc) is 3.13. The van der Waals surface area contributed by atoms with Crippen molar-refractivity contribution < 1.29 is 22.3 Å². The Morgan fingerprint density at radius 1 is 1.33 bits per heavy atom. The van der Waals surface area contributed by atoms with Crippen molar-refractivity contribution in [2.45, 2.75) is 22.9 Å². The lowest BCUT2D eigenvalue weighted by Crippen LogP contribution is -2.09. The van der Waals surface area contributed by atoms with Crippen LogP contribution < -0.4 is 0 Å². The molecular weight excluding hydrogens is 356 g/mol. The van der Waals surface area contributed by atoms with Gasteiger partial charge in [0.1, 0.15) is 27.3 Å². The quantitative estimate of drug-likeness (QED) is 0.755. The number of aliphatic hydroxyl groups excluding tert-OH is 1. The summed E-state index contributed by atoms with van der Waals surface area (Å²) in [4.78, 5) is 0. The number of thiophene rings is 1. The van der Waals surface area contributed by atoms with Gasteiger partial charge in [0, 0.05) is 29.8 Å². The second-order valence-electron chi connectivity index (χ2n) is 5.91. The van der Waals surface area contributed by atoms with Crippen molar-refractivity contribution in [2.75, 3.05) is 6.26 Å². The van der Waals surface area contributed by atoms with Gasteiger partial charge >= 0.3 is 0 Å². The van der Waals surface area contributed by atoms with E-state index in [2.05, 4.69) is 0 Å². The van der Waals surface area contributed by atoms with Crippen molar-refractivity contribution in [2.24, 2.45) is 0 Å². The van der Waals surface area contributed by atoms with Gasteiger partial charge in [-0.1, -0.05) is 0 Å². The number of halogens is 2. The molecule has 2 heterocycles. The second-order valence-corrected chi connectivity index (χ2v) is 9.12. The third-order valence-electron chi connectivity index (χ3n) is 4.24. The van der Waals surface area contributed by atoms with Gasteiger partial charge in [-0.15, -0.1) is 11.3 Å². The largest absolute Gasteiger partial charge is 0.385 e. The molecule has 2 atom stereocenters. The zero-order valence-electron chi connectivity index (χ0n) is 12.5. The predicted octanol–water partition coefficient (Wildman–Crippen LogP) is 3.16. The Kier molecular flexibility index (Phi) is 3.35. The maximum Gasteiger partial charge on any atom is 0.185 e. The molecule has 0 bridgehead atoms. The fourth-order valence-electron chi connectivity index (χ4n) is 3.19. The number of hydrogen-bond donors (Lipinski definition) is 1. The smallest absolute Gasteiger partial charge is 0.185 e. The topological polar surface area (TPSA) is 59.3 Å². The van der Waals surface area contributed by atoms with Crippen molar-refractivity contribution in [1.82, 2.24) is 4.57 Å². The molecule has 4 rings (SSSR count). The van der Waals surface area contributed by atoms with Crippen LogP contribution in [0.25, 0.3) is 15.9 Å². The first kappa shape index (κ1) is 15.7. The Labute approximate surface area is 140 Å². The Hall–Kier alpha value is -1.77. The van der Waals surface area contributed by atoms with E-state index in [0.29, 0.717) is 21.5 Å². The van der Waals surface area contributed by atoms with Crippen molar-refractivity contribution in [1.29, 1.82) is 0 Å². The van der Waals surface area contributed by atoms with Crippen LogP contribution in [0.2, 0.25) is 0 Å². The summed E-state index contributed by atoms with van der Waals surface area (Å²) in [7, 11) is -3.60. The molecule has 0 unspecified atom stereocenters. The van der Waals surface area contributed by atoms with E-state index < -0.39 is 22.1 Å². The molecule has 0 fully saturated rings. The molecule has 0 radical (unpaired) electrons. The number of aromatic nitrogens is 1. The van der Waals surface area contributed by atoms with Crippen molar-refractivity contribution >= 4 is 32.1 Å². The summed E-state index contributed by atoms with van der Waals surface area (Å²) in [6.45, 7) is 0. The summed E-state index contributed by atoms with van der Waals surface area (Å²) in [5.41, 5.74) is 1.36. The van der Waals surface area contributed by atoms with Gasteiger partial charge in [0.2, 0.25) is 0 Å². The van der Waals surface area contributed by atoms with Gasteiger partial charge in [0.25, 0.3) is 0 Å². The maximum atomic E-state index is 14.0. The summed E-state index contributed by atoms with van der Waals surface area (Å²) in [6, 6.07) is 6.00. The number of rotatable bonds is 2. The highest BCUT2D eigenvalue weighted by Gasteiger charge is 2.40. The highest BCUT2D eigenvalue weighted by atomic mass is 32.2. The highest BCUT2D eigenvalue weighted by molar-refractivity contribution is 7.92. The number of fused-ring (bicyclic) bond motifs is 2. The number of nitrogens with zero attached hydrogens (tertiary/aromatic N) is 1. The molecule has 4 nitrogen and oxygen atoms in total. The van der Waals surface area contributed by atoms with Crippen molar-refractivity contribution in [3.8, 4) is 5.00 Å². The van der Waals surface area contributed by atoms with Crippen molar-refractivity contribution in [3.63, 3.8) is 0 Å². The molecule has 0 amide bonds. The zero-order valence-corrected chi connectivity index (χ0v) is 14.2. The number of alkyl halides is 1. The maximum absolute atomic E-state index is 14.0. The van der Waals surface area contributed by atoms with E-state index in [9.17, 15) is 22.3 Å². The lowest BCUT2D eigenvalue weighted by molar-refractivity contribution is 0.0910. The summed E-state index contributed by atoms with van der Waals surface area (Å²) < 4.78 is 53.2. The first-order valence-corrected chi connectivity index (χ1v) is 9.93. The van der Waals surface area contributed by atoms with Gasteiger partial charge in [0.15, 0.2) is 9.84 Å². The molecular formula is C16H13F2NO3S2. The summed E-state index contributed by atoms with van der Waals surface area (Å²) in [5, 5.41) is 11.3. The van der Waals surface area contributed by atoms with Crippen LogP contribution in [0.4, 0.5) is 8.78 Å². The molecule has 126 valence electrons. The zero-order chi connectivity index (χ0) is 17.2. The summed E-state index contributed by atoms with van der Waals surface area (Å²) in [5.74, 6) is -0.368. The molecule has 1 aromatic carbocycles. The van der Waals surface area contributed by atoms with Gasteiger partial charge in [-0.05, 0) is 29.8 Å². The third kappa shape index (κ3) is 2.21. The number of sulfone groups is 1. The number of benzene rings is 1. The minimum Gasteiger partial charge on any atom is -0.385 e. The molecule has 3 aromatic rings. The Bertz CT molecular complexity index is 1070. The van der Waals surface area contributed by atoms with Crippen LogP contribution in [-0.4, -0.2) is 30.5 Å². The fraction of sp³-hybridized carbons (Fsp3) is 0.250. The lowest BCUT2D eigenvalue weighted by Gasteiger charge is -2.07. The summed E-state index contributed by atoms with van der Waals surface area (Å²) >= 11 is 1.01. The van der Waals surface area contributed by atoms with E-state index in [1.165, 1.54) is 12.1 Å². The molecule has 8 heteroatoms. The molecule has 0 aliphatic heterocycles. The molecule has 2 aromatic heterocycles. The minimum absolute atomic E-state index is 0.0101. The van der Waals surface area contributed by atoms with E-state index in [4.69, 9.17) is 0 Å². The molecule has 1 N–H and O–H groups in total. The third-order valence-corrected chi connectivity index (χ3v) is 7.33. The highest BCUT2D eigenvalue weighted by Crippen LogP contribution is 2.46. The molecule has 24 heavy (non-hydrogen) atoms.